The fraction of sp³-hybridized carbons (Fsp3) is 0.455. The first-order chi connectivity index (χ1) is 8.87. The van der Waals surface area contributed by atoms with Crippen molar-refractivity contribution in [2.24, 2.45) is 0 Å². The highest BCUT2D eigenvalue weighted by Crippen LogP contribution is 2.27. The topological polar surface area (TPSA) is 105 Å². The van der Waals surface area contributed by atoms with Crippen LogP contribution < -0.4 is 0 Å². The lowest BCUT2D eigenvalue weighted by atomic mass is 10.3. The van der Waals surface area contributed by atoms with Gasteiger partial charge < -0.3 is 14.6 Å². The van der Waals surface area contributed by atoms with Crippen molar-refractivity contribution in [2.75, 3.05) is 0 Å². The van der Waals surface area contributed by atoms with Crippen LogP contribution in [0.2, 0.25) is 0 Å². The summed E-state index contributed by atoms with van der Waals surface area (Å²) in [6.07, 6.45) is 1.28. The molecule has 2 N–H and O–H groups in total. The van der Waals surface area contributed by atoms with Crippen LogP contribution in [0, 0.1) is 0 Å². The number of H-pyrrole nitrogens is 1. The first-order valence-corrected chi connectivity index (χ1v) is 6.59. The quantitative estimate of drug-likeness (QED) is 0.885. The molecule has 0 fully saturated rings. The third kappa shape index (κ3) is 3.34. The van der Waals surface area contributed by atoms with E-state index in [0.29, 0.717) is 11.6 Å². The number of hydrogen-bond donors (Lipinski definition) is 2. The minimum Gasteiger partial charge on any atom is -0.476 e. The van der Waals surface area contributed by atoms with Crippen molar-refractivity contribution in [1.82, 2.24) is 20.1 Å². The molecule has 2 aromatic heterocycles. The molecule has 2 heterocycles. The largest absolute Gasteiger partial charge is 0.476 e. The number of nitrogens with zero attached hydrogens (tertiary/aromatic N) is 3. The van der Waals surface area contributed by atoms with Crippen LogP contribution in [0.1, 0.15) is 37.1 Å². The average molecular weight is 282 g/mol. The Bertz CT molecular complexity index is 585. The van der Waals surface area contributed by atoms with E-state index in [1.54, 1.807) is 11.8 Å². The maximum Gasteiger partial charge on any atom is 0.356 e. The van der Waals surface area contributed by atoms with Crippen molar-refractivity contribution in [3.05, 3.63) is 17.8 Å². The van der Waals surface area contributed by atoms with E-state index in [0.717, 1.165) is 0 Å². The van der Waals surface area contributed by atoms with Crippen LogP contribution in [-0.4, -0.2) is 35.9 Å². The Morgan fingerprint density at radius 2 is 2.26 bits per heavy atom. The predicted octanol–water partition coefficient (Wildman–Crippen LogP) is 2.19. The molecule has 0 saturated carbocycles. The highest BCUT2D eigenvalue weighted by Gasteiger charge is 2.21. The number of nitrogens with one attached hydrogen (secondary N) is 1. The van der Waals surface area contributed by atoms with Crippen molar-refractivity contribution >= 4 is 17.7 Å². The van der Waals surface area contributed by atoms with Crippen molar-refractivity contribution < 1.29 is 14.4 Å². The molecule has 7 nitrogen and oxygen atoms in total. The van der Waals surface area contributed by atoms with Gasteiger partial charge in [0.05, 0.1) is 12.1 Å². The van der Waals surface area contributed by atoms with Crippen molar-refractivity contribution in [2.45, 2.75) is 31.3 Å². The molecule has 102 valence electrons. The molecule has 2 rings (SSSR count). The number of aromatic nitrogens is 4. The number of carbonyl (C=O) groups is 1. The van der Waals surface area contributed by atoms with Crippen LogP contribution in [0.4, 0.5) is 0 Å². The highest BCUT2D eigenvalue weighted by molar-refractivity contribution is 7.99. The fourth-order valence-corrected chi connectivity index (χ4v) is 1.99. The van der Waals surface area contributed by atoms with Gasteiger partial charge in [0.25, 0.3) is 5.89 Å². The number of aromatic carboxylic acids is 1. The number of carboxylic acids is 1. The van der Waals surface area contributed by atoms with Gasteiger partial charge in [-0.05, 0) is 0 Å². The molecule has 0 aliphatic carbocycles. The normalized spacial score (nSPS) is 11.7. The number of thioether (sulfide) groups is 1. The summed E-state index contributed by atoms with van der Waals surface area (Å²) >= 11 is 1.68. The second-order valence-electron chi connectivity index (χ2n) is 4.85. The van der Waals surface area contributed by atoms with Gasteiger partial charge in [-0.15, -0.1) is 11.8 Å². The molecular formula is C11H14N4O3S. The summed E-state index contributed by atoms with van der Waals surface area (Å²) in [7, 11) is 0. The Hall–Kier alpha value is -1.83. The van der Waals surface area contributed by atoms with E-state index in [4.69, 9.17) is 9.63 Å². The van der Waals surface area contributed by atoms with Gasteiger partial charge >= 0.3 is 5.97 Å². The van der Waals surface area contributed by atoms with Gasteiger partial charge in [-0.25, -0.2) is 9.78 Å². The molecular weight excluding hydrogens is 268 g/mol. The highest BCUT2D eigenvalue weighted by atomic mass is 32.2. The number of carboxylic acid groups (broad SMARTS) is 1. The molecule has 0 aliphatic heterocycles. The summed E-state index contributed by atoms with van der Waals surface area (Å²) in [5.74, 6) is 0.129. The summed E-state index contributed by atoms with van der Waals surface area (Å²) < 4.78 is 5.15. The van der Waals surface area contributed by atoms with Gasteiger partial charge in [-0.3, -0.25) is 0 Å². The van der Waals surface area contributed by atoms with Gasteiger partial charge in [0, 0.05) is 4.75 Å². The van der Waals surface area contributed by atoms with Crippen LogP contribution in [0.5, 0.6) is 0 Å². The van der Waals surface area contributed by atoms with E-state index in [1.165, 1.54) is 6.33 Å². The molecule has 0 bridgehead atoms. The number of hydrogen-bond acceptors (Lipinski definition) is 6. The molecule has 2 aromatic rings. The van der Waals surface area contributed by atoms with Gasteiger partial charge in [0.15, 0.2) is 11.5 Å². The van der Waals surface area contributed by atoms with Gasteiger partial charge in [0.2, 0.25) is 0 Å². The monoisotopic (exact) mass is 282 g/mol. The second-order valence-corrected chi connectivity index (χ2v) is 6.65. The molecule has 0 spiro atoms. The Balaban J connectivity index is 2.17. The van der Waals surface area contributed by atoms with E-state index in [-0.39, 0.29) is 22.0 Å². The summed E-state index contributed by atoms with van der Waals surface area (Å²) in [5.41, 5.74) is 0.102. The molecule has 0 aromatic carbocycles. The van der Waals surface area contributed by atoms with Crippen LogP contribution in [-0.2, 0) is 5.75 Å². The first kappa shape index (κ1) is 13.6. The Morgan fingerprint density at radius 3 is 2.89 bits per heavy atom. The fourth-order valence-electron chi connectivity index (χ4n) is 1.31. The van der Waals surface area contributed by atoms with Gasteiger partial charge in [-0.1, -0.05) is 25.9 Å². The van der Waals surface area contributed by atoms with E-state index >= 15 is 0 Å². The number of aromatic amines is 1. The SMILES string of the molecule is CC(C)(C)SCc1noc(-c2[nH]cnc2C(=O)O)n1. The first-order valence-electron chi connectivity index (χ1n) is 5.60. The van der Waals surface area contributed by atoms with Crippen LogP contribution in [0.25, 0.3) is 11.6 Å². The molecule has 8 heteroatoms. The Morgan fingerprint density at radius 1 is 1.53 bits per heavy atom. The Kier molecular flexibility index (Phi) is 3.61. The molecule has 0 atom stereocenters. The third-order valence-electron chi connectivity index (χ3n) is 2.16. The summed E-state index contributed by atoms with van der Waals surface area (Å²) in [6, 6.07) is 0. The zero-order valence-electron chi connectivity index (χ0n) is 10.8. The van der Waals surface area contributed by atoms with Crippen LogP contribution >= 0.6 is 11.8 Å². The lowest BCUT2D eigenvalue weighted by Crippen LogP contribution is -2.07. The maximum absolute atomic E-state index is 10.9. The molecule has 19 heavy (non-hydrogen) atoms. The number of rotatable bonds is 4. The molecule has 0 unspecified atom stereocenters. The minimum atomic E-state index is -1.14. The molecule has 0 radical (unpaired) electrons. The smallest absolute Gasteiger partial charge is 0.356 e. The Labute approximate surface area is 113 Å². The van der Waals surface area contributed by atoms with Crippen molar-refractivity contribution in [1.29, 1.82) is 0 Å². The number of imidazole rings is 1. The molecule has 0 saturated heterocycles. The third-order valence-corrected chi connectivity index (χ3v) is 3.43. The van der Waals surface area contributed by atoms with E-state index in [2.05, 4.69) is 40.9 Å². The minimum absolute atomic E-state index is 0.0982. The lowest BCUT2D eigenvalue weighted by molar-refractivity contribution is 0.0691. The maximum atomic E-state index is 10.9. The lowest BCUT2D eigenvalue weighted by Gasteiger charge is -2.15. The van der Waals surface area contributed by atoms with E-state index in [1.807, 2.05) is 0 Å². The van der Waals surface area contributed by atoms with Gasteiger partial charge in [0.1, 0.15) is 5.69 Å². The second kappa shape index (κ2) is 5.04. The van der Waals surface area contributed by atoms with E-state index < -0.39 is 5.97 Å². The summed E-state index contributed by atoms with van der Waals surface area (Å²) in [4.78, 5) is 21.5. The average Bonchev–Trinajstić information content (AvgIpc) is 2.94. The standard InChI is InChI=1S/C11H14N4O3S/c1-11(2,3)19-4-6-14-9(18-15-6)7-8(10(16)17)13-5-12-7/h5H,4H2,1-3H3,(H,12,13)(H,16,17). The van der Waals surface area contributed by atoms with Crippen LogP contribution in [0.15, 0.2) is 10.9 Å². The van der Waals surface area contributed by atoms with Crippen molar-refractivity contribution in [3.8, 4) is 11.6 Å². The molecule has 0 aliphatic rings. The van der Waals surface area contributed by atoms with Crippen molar-refractivity contribution in [3.63, 3.8) is 0 Å². The van der Waals surface area contributed by atoms with Gasteiger partial charge in [-0.2, -0.15) is 4.98 Å². The van der Waals surface area contributed by atoms with Crippen LogP contribution in [0.3, 0.4) is 0 Å². The zero-order chi connectivity index (χ0) is 14.0. The van der Waals surface area contributed by atoms with E-state index in [9.17, 15) is 4.79 Å². The summed E-state index contributed by atoms with van der Waals surface area (Å²) in [5, 5.41) is 12.8. The molecule has 0 amide bonds. The summed E-state index contributed by atoms with van der Waals surface area (Å²) in [6.45, 7) is 6.28. The zero-order valence-corrected chi connectivity index (χ0v) is 11.6. The predicted molar refractivity (Wildman–Crippen MR) is 69.9 cm³/mol.